The highest BCUT2D eigenvalue weighted by Crippen LogP contribution is 2.28. The van der Waals surface area contributed by atoms with E-state index in [9.17, 15) is 10.1 Å². The molecule has 0 saturated carbocycles. The van der Waals surface area contributed by atoms with Crippen molar-refractivity contribution in [3.8, 4) is 0 Å². The molecule has 0 spiro atoms. The van der Waals surface area contributed by atoms with Crippen LogP contribution in [0.5, 0.6) is 0 Å². The van der Waals surface area contributed by atoms with Gasteiger partial charge < -0.3 is 5.73 Å². The van der Waals surface area contributed by atoms with E-state index in [1.54, 1.807) is 23.9 Å². The number of nitrogens with zero attached hydrogens (tertiary/aromatic N) is 1. The molecule has 0 fully saturated rings. The van der Waals surface area contributed by atoms with E-state index in [1.807, 2.05) is 12.1 Å². The molecule has 2 N–H and O–H groups in total. The number of benzene rings is 2. The first-order chi connectivity index (χ1) is 9.08. The molecule has 0 saturated heterocycles. The van der Waals surface area contributed by atoms with Gasteiger partial charge in [0.2, 0.25) is 0 Å². The Morgan fingerprint density at radius 1 is 1.26 bits per heavy atom. The highest BCUT2D eigenvalue weighted by atomic mass is 32.2. The highest BCUT2D eigenvalue weighted by molar-refractivity contribution is 7.98. The molecule has 2 aromatic rings. The Morgan fingerprint density at radius 2 is 2.00 bits per heavy atom. The summed E-state index contributed by atoms with van der Waals surface area (Å²) in [5, 5.41) is 10.7. The lowest BCUT2D eigenvalue weighted by molar-refractivity contribution is -0.383. The number of nitrogen functional groups attached to an aromatic ring is 1. The second kappa shape index (κ2) is 5.75. The summed E-state index contributed by atoms with van der Waals surface area (Å²) in [4.78, 5) is 11.4. The topological polar surface area (TPSA) is 69.2 Å². The quantitative estimate of drug-likeness (QED) is 0.399. The second-order valence-corrected chi connectivity index (χ2v) is 5.22. The smallest absolute Gasteiger partial charge is 0.292 e. The van der Waals surface area contributed by atoms with Gasteiger partial charge >= 0.3 is 0 Å². The predicted octanol–water partition coefficient (Wildman–Crippen LogP) is 3.78. The molecule has 0 aliphatic rings. The molecule has 0 amide bonds. The first-order valence-electron chi connectivity index (χ1n) is 5.79. The zero-order chi connectivity index (χ0) is 13.8. The maximum absolute atomic E-state index is 10.7. The number of rotatable bonds is 4. The summed E-state index contributed by atoms with van der Waals surface area (Å²) in [6.45, 7) is 2.06. The van der Waals surface area contributed by atoms with Crippen LogP contribution in [0.15, 0.2) is 47.4 Å². The van der Waals surface area contributed by atoms with Gasteiger partial charge in [-0.2, -0.15) is 0 Å². The molecular formula is C14H14N2O2S. The van der Waals surface area contributed by atoms with E-state index in [0.717, 1.165) is 11.3 Å². The van der Waals surface area contributed by atoms with Crippen LogP contribution in [0.4, 0.5) is 11.4 Å². The van der Waals surface area contributed by atoms with Crippen LogP contribution in [0.1, 0.15) is 11.1 Å². The minimum atomic E-state index is -0.465. The Bertz CT molecular complexity index is 614. The van der Waals surface area contributed by atoms with Crippen LogP contribution < -0.4 is 5.73 Å². The molecule has 2 rings (SSSR count). The molecule has 0 unspecified atom stereocenters. The van der Waals surface area contributed by atoms with Crippen LogP contribution in [0.25, 0.3) is 0 Å². The number of hydrogen-bond acceptors (Lipinski definition) is 4. The fourth-order valence-electron chi connectivity index (χ4n) is 1.74. The van der Waals surface area contributed by atoms with Gasteiger partial charge in [0, 0.05) is 16.7 Å². The summed E-state index contributed by atoms with van der Waals surface area (Å²) < 4.78 is 0. The standard InChI is InChI=1S/C14H14N2O2S/c1-10-4-2-3-5-14(10)19-9-11-6-7-13(16(17)18)12(15)8-11/h2-8H,9,15H2,1H3. The summed E-state index contributed by atoms with van der Waals surface area (Å²) in [6.07, 6.45) is 0. The van der Waals surface area contributed by atoms with Crippen molar-refractivity contribution in [1.29, 1.82) is 0 Å². The zero-order valence-electron chi connectivity index (χ0n) is 10.5. The van der Waals surface area contributed by atoms with Crippen molar-refractivity contribution in [2.24, 2.45) is 0 Å². The van der Waals surface area contributed by atoms with Crippen LogP contribution in [-0.2, 0) is 5.75 Å². The molecule has 0 aliphatic carbocycles. The molecular weight excluding hydrogens is 260 g/mol. The third kappa shape index (κ3) is 3.26. The number of aryl methyl sites for hydroxylation is 1. The van der Waals surface area contributed by atoms with Crippen molar-refractivity contribution in [3.05, 3.63) is 63.7 Å². The summed E-state index contributed by atoms with van der Waals surface area (Å²) in [5.74, 6) is 0.743. The molecule has 0 bridgehead atoms. The molecule has 0 radical (unpaired) electrons. The van der Waals surface area contributed by atoms with Crippen LogP contribution in [0.3, 0.4) is 0 Å². The molecule has 2 aromatic carbocycles. The molecule has 19 heavy (non-hydrogen) atoms. The molecule has 0 atom stereocenters. The van der Waals surface area contributed by atoms with Gasteiger partial charge in [0.25, 0.3) is 5.69 Å². The summed E-state index contributed by atoms with van der Waals surface area (Å²) in [7, 11) is 0. The summed E-state index contributed by atoms with van der Waals surface area (Å²) >= 11 is 1.70. The Kier molecular flexibility index (Phi) is 4.06. The first kappa shape index (κ1) is 13.4. The van der Waals surface area contributed by atoms with E-state index in [1.165, 1.54) is 16.5 Å². The Morgan fingerprint density at radius 3 is 2.63 bits per heavy atom. The number of thioether (sulfide) groups is 1. The van der Waals surface area contributed by atoms with E-state index in [0.29, 0.717) is 0 Å². The number of nitro groups is 1. The van der Waals surface area contributed by atoms with Crippen molar-refractivity contribution in [2.45, 2.75) is 17.6 Å². The maximum Gasteiger partial charge on any atom is 0.292 e. The van der Waals surface area contributed by atoms with Gasteiger partial charge in [0.15, 0.2) is 0 Å². The van der Waals surface area contributed by atoms with Gasteiger partial charge in [-0.3, -0.25) is 10.1 Å². The van der Waals surface area contributed by atoms with Gasteiger partial charge in [-0.25, -0.2) is 0 Å². The molecule has 4 nitrogen and oxygen atoms in total. The lowest BCUT2D eigenvalue weighted by atomic mass is 10.2. The molecule has 0 heterocycles. The highest BCUT2D eigenvalue weighted by Gasteiger charge is 2.11. The van der Waals surface area contributed by atoms with E-state index >= 15 is 0 Å². The van der Waals surface area contributed by atoms with Gasteiger partial charge in [-0.1, -0.05) is 24.3 Å². The number of hydrogen-bond donors (Lipinski definition) is 1. The Balaban J connectivity index is 2.11. The SMILES string of the molecule is Cc1ccccc1SCc1ccc([N+](=O)[O-])c(N)c1. The van der Waals surface area contributed by atoms with Crippen LogP contribution in [0.2, 0.25) is 0 Å². The van der Waals surface area contributed by atoms with Crippen molar-refractivity contribution >= 4 is 23.1 Å². The monoisotopic (exact) mass is 274 g/mol. The third-order valence-electron chi connectivity index (χ3n) is 2.78. The van der Waals surface area contributed by atoms with Gasteiger partial charge in [-0.15, -0.1) is 11.8 Å². The Labute approximate surface area is 115 Å². The largest absolute Gasteiger partial charge is 0.393 e. The summed E-state index contributed by atoms with van der Waals surface area (Å²) in [6, 6.07) is 13.0. The van der Waals surface area contributed by atoms with E-state index in [-0.39, 0.29) is 11.4 Å². The molecule has 98 valence electrons. The van der Waals surface area contributed by atoms with Crippen molar-refractivity contribution < 1.29 is 4.92 Å². The zero-order valence-corrected chi connectivity index (χ0v) is 11.3. The van der Waals surface area contributed by atoms with Gasteiger partial charge in [-0.05, 0) is 30.2 Å². The van der Waals surface area contributed by atoms with Crippen LogP contribution in [0, 0.1) is 17.0 Å². The van der Waals surface area contributed by atoms with Crippen molar-refractivity contribution in [1.82, 2.24) is 0 Å². The molecule has 0 aromatic heterocycles. The number of anilines is 1. The normalized spacial score (nSPS) is 10.4. The minimum Gasteiger partial charge on any atom is -0.393 e. The molecule has 0 aliphatic heterocycles. The number of nitro benzene ring substituents is 1. The fourth-order valence-corrected chi connectivity index (χ4v) is 2.71. The van der Waals surface area contributed by atoms with Crippen LogP contribution in [-0.4, -0.2) is 4.92 Å². The average Bonchev–Trinajstić information content (AvgIpc) is 2.37. The average molecular weight is 274 g/mol. The second-order valence-electron chi connectivity index (χ2n) is 4.20. The minimum absolute atomic E-state index is 0.0374. The molecule has 5 heteroatoms. The first-order valence-corrected chi connectivity index (χ1v) is 6.77. The fraction of sp³-hybridized carbons (Fsp3) is 0.143. The lowest BCUT2D eigenvalue weighted by Gasteiger charge is -2.06. The van der Waals surface area contributed by atoms with Gasteiger partial charge in [0.1, 0.15) is 5.69 Å². The van der Waals surface area contributed by atoms with Crippen LogP contribution >= 0.6 is 11.8 Å². The van der Waals surface area contributed by atoms with E-state index < -0.39 is 4.92 Å². The maximum atomic E-state index is 10.7. The lowest BCUT2D eigenvalue weighted by Crippen LogP contribution is -1.96. The van der Waals surface area contributed by atoms with E-state index in [2.05, 4.69) is 19.1 Å². The predicted molar refractivity (Wildman–Crippen MR) is 78.2 cm³/mol. The third-order valence-corrected chi connectivity index (χ3v) is 4.02. The Hall–Kier alpha value is -2.01. The van der Waals surface area contributed by atoms with Crippen molar-refractivity contribution in [2.75, 3.05) is 5.73 Å². The van der Waals surface area contributed by atoms with Crippen molar-refractivity contribution in [3.63, 3.8) is 0 Å². The van der Waals surface area contributed by atoms with E-state index in [4.69, 9.17) is 5.73 Å². The number of nitrogens with two attached hydrogens (primary N) is 1. The summed E-state index contributed by atoms with van der Waals surface area (Å²) in [5.41, 5.74) is 8.06. The van der Waals surface area contributed by atoms with Gasteiger partial charge in [0.05, 0.1) is 4.92 Å².